The highest BCUT2D eigenvalue weighted by Crippen LogP contribution is 2.57. The van der Waals surface area contributed by atoms with Gasteiger partial charge in [0.25, 0.3) is 0 Å². The van der Waals surface area contributed by atoms with Crippen molar-refractivity contribution < 1.29 is 19.1 Å². The quantitative estimate of drug-likeness (QED) is 0.398. The average molecular weight is 437 g/mol. The van der Waals surface area contributed by atoms with Crippen LogP contribution in [-0.2, 0) is 19.1 Å². The Kier molecular flexibility index (Phi) is 5.21. The van der Waals surface area contributed by atoms with E-state index in [-0.39, 0.29) is 12.8 Å². The molecule has 0 bridgehead atoms. The fourth-order valence-corrected chi connectivity index (χ4v) is 5.23. The molecule has 4 heteroatoms. The molecular weight excluding hydrogens is 412 g/mol. The van der Waals surface area contributed by atoms with Crippen molar-refractivity contribution in [1.82, 2.24) is 0 Å². The van der Waals surface area contributed by atoms with Gasteiger partial charge in [-0.05, 0) is 44.5 Å². The Bertz CT molecular complexity index is 1280. The summed E-state index contributed by atoms with van der Waals surface area (Å²) in [6, 6.07) is 28.3. The number of fused-ring (bicyclic) bond motifs is 3. The van der Waals surface area contributed by atoms with Gasteiger partial charge in [0.05, 0.1) is 14.2 Å². The van der Waals surface area contributed by atoms with E-state index in [0.29, 0.717) is 0 Å². The Balaban J connectivity index is 1.89. The van der Waals surface area contributed by atoms with E-state index in [2.05, 4.69) is 24.3 Å². The molecule has 3 aromatic carbocycles. The smallest absolute Gasteiger partial charge is 0.323 e. The number of hydrogen-bond donors (Lipinski definition) is 0. The minimum atomic E-state index is -1.45. The van der Waals surface area contributed by atoms with E-state index in [1.165, 1.54) is 14.2 Å². The number of carbonyl (C=O) groups excluding carboxylic acids is 2. The Morgan fingerprint density at radius 1 is 0.606 bits per heavy atom. The van der Waals surface area contributed by atoms with E-state index in [1.807, 2.05) is 60.7 Å². The highest BCUT2D eigenvalue weighted by Gasteiger charge is 2.54. The molecule has 4 nitrogen and oxygen atoms in total. The average Bonchev–Trinajstić information content (AvgIpc) is 3.22. The predicted octanol–water partition coefficient (Wildman–Crippen LogP) is 5.54. The maximum atomic E-state index is 13.2. The summed E-state index contributed by atoms with van der Waals surface area (Å²) in [5.41, 5.74) is 6.87. The second-order valence-electron chi connectivity index (χ2n) is 8.40. The third kappa shape index (κ3) is 3.21. The van der Waals surface area contributed by atoms with Crippen LogP contribution in [0.1, 0.15) is 35.1 Å². The van der Waals surface area contributed by atoms with Crippen molar-refractivity contribution in [2.45, 2.75) is 12.8 Å². The van der Waals surface area contributed by atoms with Crippen LogP contribution in [0.2, 0.25) is 0 Å². The van der Waals surface area contributed by atoms with Crippen LogP contribution in [0.4, 0.5) is 0 Å². The standard InChI is InChI=1S/C29H24O4/c1-32-27(30)29(28(31)33-2)17-23(19-11-5-3-6-12-19)26-22-16-10-9-15-21(22)25(24(26)18-29)20-13-7-4-8-14-20/h3-16H,17-18H2,1-2H3. The van der Waals surface area contributed by atoms with E-state index >= 15 is 0 Å². The SMILES string of the molecule is COC(=O)C1(C(=O)OC)CC2=C(c3ccccc3)c3ccccc3C2=C(c2ccccc2)C1. The highest BCUT2D eigenvalue weighted by molar-refractivity contribution is 6.16. The minimum absolute atomic E-state index is 0.214. The first kappa shape index (κ1) is 21.0. The van der Waals surface area contributed by atoms with Gasteiger partial charge in [-0.15, -0.1) is 0 Å². The summed E-state index contributed by atoms with van der Waals surface area (Å²) < 4.78 is 10.4. The molecule has 0 heterocycles. The first-order valence-electron chi connectivity index (χ1n) is 10.9. The van der Waals surface area contributed by atoms with Crippen LogP contribution in [0.3, 0.4) is 0 Å². The lowest BCUT2D eigenvalue weighted by atomic mass is 9.67. The second kappa shape index (κ2) is 8.21. The zero-order valence-electron chi connectivity index (χ0n) is 18.6. The molecule has 0 aromatic heterocycles. The number of hydrogen-bond acceptors (Lipinski definition) is 4. The van der Waals surface area contributed by atoms with Gasteiger partial charge in [0.1, 0.15) is 0 Å². The maximum Gasteiger partial charge on any atom is 0.323 e. The van der Waals surface area contributed by atoms with Crippen molar-refractivity contribution in [2.75, 3.05) is 14.2 Å². The van der Waals surface area contributed by atoms with Crippen LogP contribution in [0, 0.1) is 5.41 Å². The fourth-order valence-electron chi connectivity index (χ4n) is 5.23. The van der Waals surface area contributed by atoms with Gasteiger partial charge < -0.3 is 9.47 Å². The normalized spacial score (nSPS) is 16.2. The van der Waals surface area contributed by atoms with Gasteiger partial charge in [-0.2, -0.15) is 0 Å². The summed E-state index contributed by atoms with van der Waals surface area (Å²) >= 11 is 0. The molecule has 0 atom stereocenters. The van der Waals surface area contributed by atoms with E-state index in [0.717, 1.165) is 44.5 Å². The van der Waals surface area contributed by atoms with Crippen LogP contribution in [-0.4, -0.2) is 26.2 Å². The van der Waals surface area contributed by atoms with Crippen LogP contribution >= 0.6 is 0 Å². The molecule has 3 aromatic rings. The summed E-state index contributed by atoms with van der Waals surface area (Å²) in [5.74, 6) is -1.14. The Labute approximate surface area is 193 Å². The van der Waals surface area contributed by atoms with E-state index in [4.69, 9.17) is 9.47 Å². The molecule has 33 heavy (non-hydrogen) atoms. The second-order valence-corrected chi connectivity index (χ2v) is 8.40. The summed E-state index contributed by atoms with van der Waals surface area (Å²) in [6.07, 6.45) is 0.433. The molecule has 0 N–H and O–H groups in total. The molecule has 0 radical (unpaired) electrons. The van der Waals surface area contributed by atoms with Crippen LogP contribution in [0.15, 0.2) is 90.5 Å². The molecule has 0 unspecified atom stereocenters. The molecule has 0 saturated carbocycles. The maximum absolute atomic E-state index is 13.2. The molecule has 2 aliphatic carbocycles. The lowest BCUT2D eigenvalue weighted by Gasteiger charge is -2.35. The van der Waals surface area contributed by atoms with Crippen LogP contribution in [0.5, 0.6) is 0 Å². The molecule has 5 rings (SSSR count). The van der Waals surface area contributed by atoms with Crippen LogP contribution < -0.4 is 0 Å². The molecule has 0 aliphatic heterocycles. The van der Waals surface area contributed by atoms with Crippen molar-refractivity contribution in [2.24, 2.45) is 5.41 Å². The van der Waals surface area contributed by atoms with E-state index in [9.17, 15) is 9.59 Å². The lowest BCUT2D eigenvalue weighted by molar-refractivity contribution is -0.168. The number of benzene rings is 3. The zero-order chi connectivity index (χ0) is 23.0. The van der Waals surface area contributed by atoms with Crippen molar-refractivity contribution >= 4 is 28.7 Å². The lowest BCUT2D eigenvalue weighted by Crippen LogP contribution is -2.43. The van der Waals surface area contributed by atoms with Gasteiger partial charge in [0.2, 0.25) is 0 Å². The predicted molar refractivity (Wildman–Crippen MR) is 128 cm³/mol. The third-order valence-corrected chi connectivity index (χ3v) is 6.67. The number of esters is 2. The topological polar surface area (TPSA) is 52.6 Å². The van der Waals surface area contributed by atoms with E-state index < -0.39 is 17.4 Å². The molecule has 2 aliphatic rings. The molecule has 0 amide bonds. The van der Waals surface area contributed by atoms with Gasteiger partial charge in [0.15, 0.2) is 5.41 Å². The van der Waals surface area contributed by atoms with Crippen LogP contribution in [0.25, 0.3) is 16.7 Å². The molecule has 164 valence electrons. The number of rotatable bonds is 4. The molecule has 0 saturated heterocycles. The van der Waals surface area contributed by atoms with E-state index in [1.54, 1.807) is 0 Å². The number of ether oxygens (including phenoxy) is 2. The summed E-state index contributed by atoms with van der Waals surface area (Å²) in [7, 11) is 2.65. The van der Waals surface area contributed by atoms with Crippen molar-refractivity contribution in [3.63, 3.8) is 0 Å². The largest absolute Gasteiger partial charge is 0.468 e. The molecular formula is C29H24O4. The van der Waals surface area contributed by atoms with Gasteiger partial charge in [0, 0.05) is 12.8 Å². The summed E-state index contributed by atoms with van der Waals surface area (Å²) in [6.45, 7) is 0. The number of carbonyl (C=O) groups is 2. The van der Waals surface area contributed by atoms with Crippen molar-refractivity contribution in [1.29, 1.82) is 0 Å². The van der Waals surface area contributed by atoms with Gasteiger partial charge in [-0.25, -0.2) is 0 Å². The highest BCUT2D eigenvalue weighted by atomic mass is 16.5. The van der Waals surface area contributed by atoms with Gasteiger partial charge in [-0.3, -0.25) is 9.59 Å². The Morgan fingerprint density at radius 2 is 1.06 bits per heavy atom. The van der Waals surface area contributed by atoms with Gasteiger partial charge in [-0.1, -0.05) is 84.9 Å². The fraction of sp³-hybridized carbons (Fsp3) is 0.172. The van der Waals surface area contributed by atoms with Crippen molar-refractivity contribution in [3.05, 3.63) is 113 Å². The molecule has 0 spiro atoms. The van der Waals surface area contributed by atoms with Gasteiger partial charge >= 0.3 is 11.9 Å². The monoisotopic (exact) mass is 436 g/mol. The Morgan fingerprint density at radius 3 is 1.61 bits per heavy atom. The first-order chi connectivity index (χ1) is 16.1. The third-order valence-electron chi connectivity index (χ3n) is 6.67. The molecule has 0 fully saturated rings. The number of allylic oxidation sites excluding steroid dienone is 3. The zero-order valence-corrected chi connectivity index (χ0v) is 18.6. The number of methoxy groups -OCH3 is 2. The Hall–Kier alpha value is -3.92. The van der Waals surface area contributed by atoms with Crippen molar-refractivity contribution in [3.8, 4) is 0 Å². The summed E-state index contributed by atoms with van der Waals surface area (Å²) in [4.78, 5) is 26.4. The summed E-state index contributed by atoms with van der Waals surface area (Å²) in [5, 5.41) is 0. The first-order valence-corrected chi connectivity index (χ1v) is 10.9. The minimum Gasteiger partial charge on any atom is -0.468 e.